The zero-order valence-corrected chi connectivity index (χ0v) is 11.3. The SMILES string of the molecule is N#Cc1ccc(S(=O)(=O)N2CCCCC2CO)cc1. The van der Waals surface area contributed by atoms with Gasteiger partial charge in [0.15, 0.2) is 0 Å². The molecule has 19 heavy (non-hydrogen) atoms. The van der Waals surface area contributed by atoms with Crippen LogP contribution in [0.2, 0.25) is 0 Å². The van der Waals surface area contributed by atoms with E-state index < -0.39 is 10.0 Å². The normalized spacial score (nSPS) is 20.9. The number of piperidine rings is 1. The predicted molar refractivity (Wildman–Crippen MR) is 69.8 cm³/mol. The van der Waals surface area contributed by atoms with E-state index in [1.165, 1.54) is 28.6 Å². The van der Waals surface area contributed by atoms with Gasteiger partial charge >= 0.3 is 0 Å². The van der Waals surface area contributed by atoms with Crippen LogP contribution in [0.15, 0.2) is 29.2 Å². The van der Waals surface area contributed by atoms with E-state index >= 15 is 0 Å². The van der Waals surface area contributed by atoms with Crippen LogP contribution in [0.25, 0.3) is 0 Å². The topological polar surface area (TPSA) is 81.4 Å². The molecule has 6 heteroatoms. The van der Waals surface area contributed by atoms with Crippen LogP contribution in [-0.2, 0) is 10.0 Å². The van der Waals surface area contributed by atoms with Crippen molar-refractivity contribution in [1.29, 1.82) is 5.26 Å². The largest absolute Gasteiger partial charge is 0.395 e. The molecule has 0 radical (unpaired) electrons. The Bertz CT molecular complexity index is 575. The number of sulfonamides is 1. The molecule has 0 aromatic heterocycles. The summed E-state index contributed by atoms with van der Waals surface area (Å²) >= 11 is 0. The van der Waals surface area contributed by atoms with E-state index in [1.54, 1.807) is 0 Å². The fourth-order valence-electron chi connectivity index (χ4n) is 2.31. The van der Waals surface area contributed by atoms with Crippen LogP contribution >= 0.6 is 0 Å². The summed E-state index contributed by atoms with van der Waals surface area (Å²) in [4.78, 5) is 0.173. The Kier molecular flexibility index (Phi) is 4.20. The van der Waals surface area contributed by atoms with Crippen LogP contribution in [-0.4, -0.2) is 37.0 Å². The maximum atomic E-state index is 12.5. The summed E-state index contributed by atoms with van der Waals surface area (Å²) in [7, 11) is -3.58. The molecule has 0 spiro atoms. The van der Waals surface area contributed by atoms with Crippen molar-refractivity contribution in [3.63, 3.8) is 0 Å². The molecule has 1 N–H and O–H groups in total. The molecule has 1 aromatic rings. The Hall–Kier alpha value is -1.42. The Morgan fingerprint density at radius 1 is 1.32 bits per heavy atom. The molecule has 1 aromatic carbocycles. The minimum atomic E-state index is -3.58. The van der Waals surface area contributed by atoms with Crippen molar-refractivity contribution in [2.45, 2.75) is 30.2 Å². The molecule has 102 valence electrons. The molecular weight excluding hydrogens is 264 g/mol. The number of nitriles is 1. The summed E-state index contributed by atoms with van der Waals surface area (Å²) in [6.07, 6.45) is 2.43. The highest BCUT2D eigenvalue weighted by Gasteiger charge is 2.32. The van der Waals surface area contributed by atoms with Crippen LogP contribution in [0.4, 0.5) is 0 Å². The minimum absolute atomic E-state index is 0.157. The number of aliphatic hydroxyl groups is 1. The fraction of sp³-hybridized carbons (Fsp3) is 0.462. The van der Waals surface area contributed by atoms with Crippen molar-refractivity contribution in [2.24, 2.45) is 0 Å². The number of hydrogen-bond acceptors (Lipinski definition) is 4. The molecule has 0 bridgehead atoms. The van der Waals surface area contributed by atoms with E-state index in [9.17, 15) is 13.5 Å². The first-order valence-corrected chi connectivity index (χ1v) is 7.66. The lowest BCUT2D eigenvalue weighted by Crippen LogP contribution is -2.45. The van der Waals surface area contributed by atoms with Gasteiger partial charge < -0.3 is 5.11 Å². The molecule has 1 fully saturated rings. The number of nitrogens with zero attached hydrogens (tertiary/aromatic N) is 2. The number of aliphatic hydroxyl groups excluding tert-OH is 1. The number of benzene rings is 1. The highest BCUT2D eigenvalue weighted by Crippen LogP contribution is 2.25. The van der Waals surface area contributed by atoms with Gasteiger partial charge in [-0.1, -0.05) is 6.42 Å². The molecule has 0 saturated carbocycles. The molecule has 0 amide bonds. The molecule has 1 saturated heterocycles. The van der Waals surface area contributed by atoms with Crippen molar-refractivity contribution in [3.05, 3.63) is 29.8 Å². The Morgan fingerprint density at radius 3 is 2.58 bits per heavy atom. The lowest BCUT2D eigenvalue weighted by molar-refractivity contribution is 0.155. The van der Waals surface area contributed by atoms with Gasteiger partial charge in [0.25, 0.3) is 0 Å². The van der Waals surface area contributed by atoms with E-state index in [4.69, 9.17) is 5.26 Å². The molecule has 2 rings (SSSR count). The van der Waals surface area contributed by atoms with E-state index in [0.29, 0.717) is 18.5 Å². The molecule has 5 nitrogen and oxygen atoms in total. The third-order valence-corrected chi connectivity index (χ3v) is 5.34. The van der Waals surface area contributed by atoms with Gasteiger partial charge in [0.2, 0.25) is 10.0 Å². The van der Waals surface area contributed by atoms with Crippen LogP contribution in [0.1, 0.15) is 24.8 Å². The Morgan fingerprint density at radius 2 is 2.00 bits per heavy atom. The fourth-order valence-corrected chi connectivity index (χ4v) is 3.99. The first-order valence-electron chi connectivity index (χ1n) is 6.22. The first-order chi connectivity index (χ1) is 9.09. The van der Waals surface area contributed by atoms with Crippen LogP contribution < -0.4 is 0 Å². The third kappa shape index (κ3) is 2.78. The second-order valence-corrected chi connectivity index (χ2v) is 6.47. The van der Waals surface area contributed by atoms with Crippen molar-refractivity contribution < 1.29 is 13.5 Å². The standard InChI is InChI=1S/C13H16N2O3S/c14-9-11-4-6-13(7-5-11)19(17,18)15-8-2-1-3-12(15)10-16/h4-7,12,16H,1-3,8,10H2. The zero-order valence-electron chi connectivity index (χ0n) is 10.5. The summed E-state index contributed by atoms with van der Waals surface area (Å²) in [6.45, 7) is 0.281. The van der Waals surface area contributed by atoms with E-state index in [0.717, 1.165) is 12.8 Å². The number of hydrogen-bond donors (Lipinski definition) is 1. The van der Waals surface area contributed by atoms with Gasteiger partial charge in [-0.3, -0.25) is 0 Å². The summed E-state index contributed by atoms with van der Waals surface area (Å²) in [5, 5.41) is 18.0. The maximum absolute atomic E-state index is 12.5. The van der Waals surface area contributed by atoms with Gasteiger partial charge in [-0.25, -0.2) is 8.42 Å². The van der Waals surface area contributed by atoms with Crippen molar-refractivity contribution in [2.75, 3.05) is 13.2 Å². The summed E-state index contributed by atoms with van der Waals surface area (Å²) in [6, 6.07) is 7.48. The van der Waals surface area contributed by atoms with Crippen LogP contribution in [0, 0.1) is 11.3 Å². The highest BCUT2D eigenvalue weighted by atomic mass is 32.2. The molecule has 1 aliphatic rings. The third-order valence-electron chi connectivity index (χ3n) is 3.37. The Labute approximate surface area is 113 Å². The lowest BCUT2D eigenvalue weighted by atomic mass is 10.1. The van der Waals surface area contributed by atoms with Crippen molar-refractivity contribution >= 4 is 10.0 Å². The Balaban J connectivity index is 2.32. The average molecular weight is 280 g/mol. The second-order valence-electron chi connectivity index (χ2n) is 4.58. The van der Waals surface area contributed by atoms with E-state index in [1.807, 2.05) is 6.07 Å². The maximum Gasteiger partial charge on any atom is 0.243 e. The molecule has 1 unspecified atom stereocenters. The molecular formula is C13H16N2O3S. The van der Waals surface area contributed by atoms with Gasteiger partial charge in [0.1, 0.15) is 0 Å². The zero-order chi connectivity index (χ0) is 13.9. The van der Waals surface area contributed by atoms with Gasteiger partial charge in [0.05, 0.1) is 23.1 Å². The predicted octanol–water partition coefficient (Wildman–Crippen LogP) is 1.09. The quantitative estimate of drug-likeness (QED) is 0.898. The number of rotatable bonds is 3. The van der Waals surface area contributed by atoms with Crippen LogP contribution in [0.5, 0.6) is 0 Å². The summed E-state index contributed by atoms with van der Waals surface area (Å²) in [5.41, 5.74) is 0.427. The van der Waals surface area contributed by atoms with Crippen molar-refractivity contribution in [3.8, 4) is 6.07 Å². The van der Waals surface area contributed by atoms with Gasteiger partial charge in [-0.2, -0.15) is 9.57 Å². The average Bonchev–Trinajstić information content (AvgIpc) is 2.47. The second kappa shape index (κ2) is 5.70. The van der Waals surface area contributed by atoms with E-state index in [2.05, 4.69) is 0 Å². The minimum Gasteiger partial charge on any atom is -0.395 e. The van der Waals surface area contributed by atoms with Crippen molar-refractivity contribution in [1.82, 2.24) is 4.31 Å². The van der Waals surface area contributed by atoms with E-state index in [-0.39, 0.29) is 17.5 Å². The molecule has 1 atom stereocenters. The van der Waals surface area contributed by atoms with Gasteiger partial charge in [0, 0.05) is 12.6 Å². The first kappa shape index (κ1) is 14.0. The lowest BCUT2D eigenvalue weighted by Gasteiger charge is -2.33. The van der Waals surface area contributed by atoms with Gasteiger partial charge in [-0.15, -0.1) is 0 Å². The van der Waals surface area contributed by atoms with Gasteiger partial charge in [-0.05, 0) is 37.1 Å². The summed E-state index contributed by atoms with van der Waals surface area (Å²) < 4.78 is 26.3. The highest BCUT2D eigenvalue weighted by molar-refractivity contribution is 7.89. The summed E-state index contributed by atoms with van der Waals surface area (Å²) in [5.74, 6) is 0. The monoisotopic (exact) mass is 280 g/mol. The molecule has 1 aliphatic heterocycles. The smallest absolute Gasteiger partial charge is 0.243 e. The van der Waals surface area contributed by atoms with Crippen LogP contribution in [0.3, 0.4) is 0 Å². The molecule has 1 heterocycles. The molecule has 0 aliphatic carbocycles.